The van der Waals surface area contributed by atoms with Crippen LogP contribution in [0.15, 0.2) is 15.2 Å². The highest BCUT2D eigenvalue weighted by Gasteiger charge is 2.39. The lowest BCUT2D eigenvalue weighted by Crippen LogP contribution is -2.44. The maximum absolute atomic E-state index is 5.73. The van der Waals surface area contributed by atoms with E-state index in [1.54, 1.807) is 11.3 Å². The van der Waals surface area contributed by atoms with Crippen molar-refractivity contribution in [2.24, 2.45) is 0 Å². The Labute approximate surface area is 114 Å². The van der Waals surface area contributed by atoms with Crippen LogP contribution in [-0.4, -0.2) is 37.0 Å². The van der Waals surface area contributed by atoms with Crippen LogP contribution in [-0.2, 0) is 16.0 Å². The molecule has 0 N–H and O–H groups in total. The van der Waals surface area contributed by atoms with E-state index in [9.17, 15) is 0 Å². The van der Waals surface area contributed by atoms with Crippen molar-refractivity contribution in [3.8, 4) is 0 Å². The molecule has 2 saturated heterocycles. The SMILES string of the molecule is Brc1sccc1CN1CCC2(CC1)OCCO2. The Hall–Kier alpha value is 0.0600. The van der Waals surface area contributed by atoms with Crippen LogP contribution in [0.1, 0.15) is 18.4 Å². The first-order chi connectivity index (χ1) is 8.27. The minimum atomic E-state index is -0.248. The molecule has 0 saturated carbocycles. The summed E-state index contributed by atoms with van der Waals surface area (Å²) in [6.07, 6.45) is 1.99. The predicted octanol–water partition coefficient (Wildman–Crippen LogP) is 2.85. The van der Waals surface area contributed by atoms with Crippen molar-refractivity contribution in [2.75, 3.05) is 26.3 Å². The Balaban J connectivity index is 1.56. The molecule has 1 aromatic rings. The van der Waals surface area contributed by atoms with Crippen LogP contribution >= 0.6 is 27.3 Å². The van der Waals surface area contributed by atoms with Gasteiger partial charge in [0.2, 0.25) is 0 Å². The van der Waals surface area contributed by atoms with Crippen molar-refractivity contribution in [1.82, 2.24) is 4.90 Å². The Morgan fingerprint density at radius 1 is 1.29 bits per heavy atom. The summed E-state index contributed by atoms with van der Waals surface area (Å²) in [6, 6.07) is 2.20. The van der Waals surface area contributed by atoms with Gasteiger partial charge in [-0.25, -0.2) is 0 Å². The number of ether oxygens (including phenoxy) is 2. The lowest BCUT2D eigenvalue weighted by atomic mass is 10.0. The molecule has 2 fully saturated rings. The third kappa shape index (κ3) is 2.58. The minimum absolute atomic E-state index is 0.248. The van der Waals surface area contributed by atoms with Gasteiger partial charge < -0.3 is 9.47 Å². The third-order valence-electron chi connectivity index (χ3n) is 3.52. The van der Waals surface area contributed by atoms with Crippen molar-refractivity contribution < 1.29 is 9.47 Å². The second-order valence-corrected chi connectivity index (χ2v) is 6.84. The Kier molecular flexibility index (Phi) is 3.54. The number of thiophene rings is 1. The lowest BCUT2D eigenvalue weighted by molar-refractivity contribution is -0.185. The molecule has 0 aliphatic carbocycles. The van der Waals surface area contributed by atoms with Gasteiger partial charge in [-0.3, -0.25) is 4.90 Å². The van der Waals surface area contributed by atoms with Gasteiger partial charge in [0.05, 0.1) is 17.0 Å². The number of nitrogens with zero attached hydrogens (tertiary/aromatic N) is 1. The van der Waals surface area contributed by atoms with E-state index >= 15 is 0 Å². The molecule has 0 atom stereocenters. The van der Waals surface area contributed by atoms with Crippen LogP contribution in [0.3, 0.4) is 0 Å². The summed E-state index contributed by atoms with van der Waals surface area (Å²) in [6.45, 7) is 4.66. The number of hydrogen-bond acceptors (Lipinski definition) is 4. The molecule has 5 heteroatoms. The van der Waals surface area contributed by atoms with E-state index in [2.05, 4.69) is 32.3 Å². The van der Waals surface area contributed by atoms with Crippen LogP contribution in [0.25, 0.3) is 0 Å². The maximum Gasteiger partial charge on any atom is 0.170 e. The summed E-state index contributed by atoms with van der Waals surface area (Å²) < 4.78 is 12.7. The Morgan fingerprint density at radius 3 is 2.59 bits per heavy atom. The quantitative estimate of drug-likeness (QED) is 0.837. The number of halogens is 1. The molecule has 0 aromatic carbocycles. The van der Waals surface area contributed by atoms with Gasteiger partial charge in [-0.1, -0.05) is 0 Å². The molecule has 1 aromatic heterocycles. The molecule has 0 unspecified atom stereocenters. The van der Waals surface area contributed by atoms with Gasteiger partial charge in [0.25, 0.3) is 0 Å². The van der Waals surface area contributed by atoms with Gasteiger partial charge in [-0.15, -0.1) is 11.3 Å². The maximum atomic E-state index is 5.73. The molecular weight excluding hydrogens is 302 g/mol. The number of rotatable bonds is 2. The molecule has 2 aliphatic rings. The Bertz CT molecular complexity index is 380. The van der Waals surface area contributed by atoms with Crippen LogP contribution in [0.2, 0.25) is 0 Å². The van der Waals surface area contributed by atoms with Crippen molar-refractivity contribution in [3.05, 3.63) is 20.8 Å². The second-order valence-electron chi connectivity index (χ2n) is 4.60. The first-order valence-electron chi connectivity index (χ1n) is 6.00. The molecule has 2 aliphatic heterocycles. The predicted molar refractivity (Wildman–Crippen MR) is 71.2 cm³/mol. The molecule has 0 amide bonds. The van der Waals surface area contributed by atoms with E-state index in [0.29, 0.717) is 0 Å². The Morgan fingerprint density at radius 2 is 2.00 bits per heavy atom. The van der Waals surface area contributed by atoms with E-state index in [4.69, 9.17) is 9.47 Å². The van der Waals surface area contributed by atoms with Crippen LogP contribution in [0, 0.1) is 0 Å². The summed E-state index contributed by atoms with van der Waals surface area (Å²) in [5.74, 6) is -0.248. The number of hydrogen-bond donors (Lipinski definition) is 0. The summed E-state index contributed by atoms with van der Waals surface area (Å²) >= 11 is 5.35. The molecule has 1 spiro atoms. The minimum Gasteiger partial charge on any atom is -0.347 e. The second kappa shape index (κ2) is 4.97. The number of piperidine rings is 1. The molecule has 0 bridgehead atoms. The molecule has 17 heavy (non-hydrogen) atoms. The summed E-state index contributed by atoms with van der Waals surface area (Å²) in [4.78, 5) is 2.48. The van der Waals surface area contributed by atoms with Crippen molar-refractivity contribution in [1.29, 1.82) is 0 Å². The van der Waals surface area contributed by atoms with E-state index < -0.39 is 0 Å². The topological polar surface area (TPSA) is 21.7 Å². The zero-order valence-corrected chi connectivity index (χ0v) is 12.1. The highest BCUT2D eigenvalue weighted by Crippen LogP contribution is 2.32. The smallest absolute Gasteiger partial charge is 0.170 e. The van der Waals surface area contributed by atoms with Crippen molar-refractivity contribution in [3.63, 3.8) is 0 Å². The van der Waals surface area contributed by atoms with E-state index in [1.807, 2.05) is 0 Å². The van der Waals surface area contributed by atoms with E-state index in [1.165, 1.54) is 9.35 Å². The zero-order chi connectivity index (χ0) is 11.7. The normalized spacial score (nSPS) is 24.5. The summed E-state index contributed by atoms with van der Waals surface area (Å²) in [5.41, 5.74) is 1.39. The highest BCUT2D eigenvalue weighted by molar-refractivity contribution is 9.11. The third-order valence-corrected chi connectivity index (χ3v) is 5.33. The molecule has 0 radical (unpaired) electrons. The van der Waals surface area contributed by atoms with Gasteiger partial charge in [0, 0.05) is 32.5 Å². The fourth-order valence-corrected chi connectivity index (χ4v) is 3.73. The molecule has 3 heterocycles. The molecule has 3 rings (SSSR count). The fourth-order valence-electron chi connectivity index (χ4n) is 2.51. The summed E-state index contributed by atoms with van der Waals surface area (Å²) in [5, 5.41) is 2.13. The van der Waals surface area contributed by atoms with E-state index in [0.717, 1.165) is 45.7 Å². The van der Waals surface area contributed by atoms with Gasteiger partial charge in [-0.05, 0) is 32.9 Å². The van der Waals surface area contributed by atoms with Gasteiger partial charge in [0.15, 0.2) is 5.79 Å². The average Bonchev–Trinajstić information content (AvgIpc) is 2.94. The molecular formula is C12H16BrNO2S. The van der Waals surface area contributed by atoms with Crippen molar-refractivity contribution >= 4 is 27.3 Å². The van der Waals surface area contributed by atoms with Crippen LogP contribution < -0.4 is 0 Å². The average molecular weight is 318 g/mol. The largest absolute Gasteiger partial charge is 0.347 e. The lowest BCUT2D eigenvalue weighted by Gasteiger charge is -2.37. The monoisotopic (exact) mass is 317 g/mol. The number of likely N-dealkylation sites (tertiary alicyclic amines) is 1. The molecule has 3 nitrogen and oxygen atoms in total. The van der Waals surface area contributed by atoms with Gasteiger partial charge >= 0.3 is 0 Å². The first kappa shape index (κ1) is 12.1. The fraction of sp³-hybridized carbons (Fsp3) is 0.667. The van der Waals surface area contributed by atoms with Crippen LogP contribution in [0.4, 0.5) is 0 Å². The summed E-state index contributed by atoms with van der Waals surface area (Å²) in [7, 11) is 0. The standard InChI is InChI=1S/C12H16BrNO2S/c13-11-10(1-8-17-11)9-14-4-2-12(3-5-14)15-6-7-16-12/h1,8H,2-7,9H2. The highest BCUT2D eigenvalue weighted by atomic mass is 79.9. The van der Waals surface area contributed by atoms with E-state index in [-0.39, 0.29) is 5.79 Å². The first-order valence-corrected chi connectivity index (χ1v) is 7.67. The zero-order valence-electron chi connectivity index (χ0n) is 9.65. The molecule has 94 valence electrons. The van der Waals surface area contributed by atoms with Crippen LogP contribution in [0.5, 0.6) is 0 Å². The van der Waals surface area contributed by atoms with Crippen molar-refractivity contribution in [2.45, 2.75) is 25.2 Å². The van der Waals surface area contributed by atoms with Gasteiger partial charge in [-0.2, -0.15) is 0 Å². The van der Waals surface area contributed by atoms with Gasteiger partial charge in [0.1, 0.15) is 0 Å².